The second kappa shape index (κ2) is 5.65. The average Bonchev–Trinajstić information content (AvgIpc) is 2.80. The van der Waals surface area contributed by atoms with Gasteiger partial charge in [-0.25, -0.2) is 4.39 Å². The number of nitrogens with two attached hydrogens (primary N) is 1. The number of rotatable bonds is 4. The number of nitrogens with zero attached hydrogens (tertiary/aromatic N) is 1. The van der Waals surface area contributed by atoms with E-state index in [-0.39, 0.29) is 24.5 Å². The smallest absolute Gasteiger partial charge is 0.167 e. The van der Waals surface area contributed by atoms with E-state index in [2.05, 4.69) is 0 Å². The monoisotopic (exact) mass is 268 g/mol. The Labute approximate surface area is 113 Å². The van der Waals surface area contributed by atoms with Gasteiger partial charge >= 0.3 is 0 Å². The van der Waals surface area contributed by atoms with Crippen molar-refractivity contribution in [3.05, 3.63) is 17.9 Å². The zero-order valence-electron chi connectivity index (χ0n) is 11.4. The summed E-state index contributed by atoms with van der Waals surface area (Å²) in [5, 5.41) is 9.37. The summed E-state index contributed by atoms with van der Waals surface area (Å²) in [7, 11) is 0. The molecule has 3 N–H and O–H groups in total. The molecule has 1 aliphatic rings. The van der Waals surface area contributed by atoms with E-state index in [1.54, 1.807) is 6.07 Å². The molecule has 0 bridgehead atoms. The van der Waals surface area contributed by atoms with Crippen molar-refractivity contribution in [2.45, 2.75) is 38.8 Å². The fourth-order valence-corrected chi connectivity index (χ4v) is 2.49. The van der Waals surface area contributed by atoms with Gasteiger partial charge in [0.15, 0.2) is 11.6 Å². The number of aliphatic hydroxyl groups is 1. The van der Waals surface area contributed by atoms with E-state index in [1.165, 1.54) is 6.07 Å². The van der Waals surface area contributed by atoms with Crippen LogP contribution < -0.4 is 15.4 Å². The molecular weight excluding hydrogens is 247 g/mol. The standard InChI is InChI=1S/C14H21FN2O2/c1-9(2)19-14-7-13(12(16)6-11(14)15)17-5-3-4-10(17)8-18/h6-7,9-10,18H,3-5,8,16H2,1-2H3. The van der Waals surface area contributed by atoms with Crippen molar-refractivity contribution in [1.82, 2.24) is 0 Å². The molecule has 1 atom stereocenters. The molecule has 0 aromatic heterocycles. The fraction of sp³-hybridized carbons (Fsp3) is 0.571. The molecule has 0 radical (unpaired) electrons. The Morgan fingerprint density at radius 1 is 1.53 bits per heavy atom. The van der Waals surface area contributed by atoms with Gasteiger partial charge < -0.3 is 20.5 Å². The van der Waals surface area contributed by atoms with E-state index < -0.39 is 5.82 Å². The Balaban J connectivity index is 2.34. The van der Waals surface area contributed by atoms with Crippen LogP contribution in [0.15, 0.2) is 12.1 Å². The zero-order valence-corrected chi connectivity index (χ0v) is 11.4. The summed E-state index contributed by atoms with van der Waals surface area (Å²) < 4.78 is 19.2. The third-order valence-electron chi connectivity index (χ3n) is 3.34. The SMILES string of the molecule is CC(C)Oc1cc(N2CCCC2CO)c(N)cc1F. The van der Waals surface area contributed by atoms with Crippen LogP contribution in [0.1, 0.15) is 26.7 Å². The van der Waals surface area contributed by atoms with Crippen molar-refractivity contribution in [2.75, 3.05) is 23.8 Å². The summed E-state index contributed by atoms with van der Waals surface area (Å²) in [4.78, 5) is 2.03. The molecule has 5 heteroatoms. The third kappa shape index (κ3) is 2.92. The number of benzene rings is 1. The molecule has 0 aliphatic carbocycles. The van der Waals surface area contributed by atoms with Crippen LogP contribution in [0.5, 0.6) is 5.75 Å². The maximum absolute atomic E-state index is 13.8. The molecular formula is C14H21FN2O2. The van der Waals surface area contributed by atoms with E-state index in [0.717, 1.165) is 25.1 Å². The minimum Gasteiger partial charge on any atom is -0.488 e. The maximum Gasteiger partial charge on any atom is 0.167 e. The van der Waals surface area contributed by atoms with E-state index in [0.29, 0.717) is 5.69 Å². The Hall–Kier alpha value is -1.49. The van der Waals surface area contributed by atoms with E-state index >= 15 is 0 Å². The van der Waals surface area contributed by atoms with Crippen LogP contribution in [0.2, 0.25) is 0 Å². The maximum atomic E-state index is 13.8. The summed E-state index contributed by atoms with van der Waals surface area (Å²) in [6.07, 6.45) is 1.83. The predicted molar refractivity (Wildman–Crippen MR) is 74.0 cm³/mol. The fourth-order valence-electron chi connectivity index (χ4n) is 2.49. The number of hydrogen-bond donors (Lipinski definition) is 2. The minimum absolute atomic E-state index is 0.0552. The molecule has 4 nitrogen and oxygen atoms in total. The van der Waals surface area contributed by atoms with Gasteiger partial charge in [-0.3, -0.25) is 0 Å². The van der Waals surface area contributed by atoms with Crippen LogP contribution in [0.3, 0.4) is 0 Å². The van der Waals surface area contributed by atoms with Crippen molar-refractivity contribution >= 4 is 11.4 Å². The highest BCUT2D eigenvalue weighted by atomic mass is 19.1. The summed E-state index contributed by atoms with van der Waals surface area (Å²) in [6, 6.07) is 2.98. The Morgan fingerprint density at radius 3 is 2.89 bits per heavy atom. The van der Waals surface area contributed by atoms with Gasteiger partial charge in [0.2, 0.25) is 0 Å². The van der Waals surface area contributed by atoms with Gasteiger partial charge in [0.1, 0.15) is 0 Å². The molecule has 1 fully saturated rings. The summed E-state index contributed by atoms with van der Waals surface area (Å²) in [5.74, 6) is -0.238. The second-order valence-electron chi connectivity index (χ2n) is 5.18. The van der Waals surface area contributed by atoms with Gasteiger partial charge in [-0.2, -0.15) is 0 Å². The predicted octanol–water partition coefficient (Wildman–Crippen LogP) is 2.16. The van der Waals surface area contributed by atoms with Crippen LogP contribution in [-0.4, -0.2) is 30.4 Å². The average molecular weight is 268 g/mol. The molecule has 1 saturated heterocycles. The normalized spacial score (nSPS) is 19.2. The molecule has 19 heavy (non-hydrogen) atoms. The van der Waals surface area contributed by atoms with E-state index in [1.807, 2.05) is 18.7 Å². The number of anilines is 2. The van der Waals surface area contributed by atoms with Gasteiger partial charge in [0, 0.05) is 18.7 Å². The van der Waals surface area contributed by atoms with Gasteiger partial charge in [-0.1, -0.05) is 0 Å². The van der Waals surface area contributed by atoms with Crippen LogP contribution in [0.4, 0.5) is 15.8 Å². The Bertz CT molecular complexity index is 451. The molecule has 0 saturated carbocycles. The topological polar surface area (TPSA) is 58.7 Å². The second-order valence-corrected chi connectivity index (χ2v) is 5.18. The van der Waals surface area contributed by atoms with Crippen LogP contribution in [0.25, 0.3) is 0 Å². The van der Waals surface area contributed by atoms with Crippen molar-refractivity contribution in [3.63, 3.8) is 0 Å². The van der Waals surface area contributed by atoms with Crippen molar-refractivity contribution < 1.29 is 14.2 Å². The number of halogens is 1. The van der Waals surface area contributed by atoms with Gasteiger partial charge in [0.05, 0.1) is 30.1 Å². The first-order chi connectivity index (χ1) is 9.02. The molecule has 2 rings (SSSR count). The first-order valence-electron chi connectivity index (χ1n) is 6.66. The lowest BCUT2D eigenvalue weighted by Crippen LogP contribution is -2.32. The highest BCUT2D eigenvalue weighted by Gasteiger charge is 2.26. The minimum atomic E-state index is -0.449. The Morgan fingerprint density at radius 2 is 2.26 bits per heavy atom. The molecule has 1 unspecified atom stereocenters. The van der Waals surface area contributed by atoms with Gasteiger partial charge in [0.25, 0.3) is 0 Å². The summed E-state index contributed by atoms with van der Waals surface area (Å²) in [5.41, 5.74) is 7.03. The summed E-state index contributed by atoms with van der Waals surface area (Å²) in [6.45, 7) is 4.60. The van der Waals surface area contributed by atoms with Gasteiger partial charge in [-0.15, -0.1) is 0 Å². The van der Waals surface area contributed by atoms with E-state index in [4.69, 9.17) is 10.5 Å². The number of nitrogen functional groups attached to an aromatic ring is 1. The van der Waals surface area contributed by atoms with Crippen molar-refractivity contribution in [3.8, 4) is 5.75 Å². The highest BCUT2D eigenvalue weighted by Crippen LogP contribution is 2.35. The lowest BCUT2D eigenvalue weighted by atomic mass is 10.2. The van der Waals surface area contributed by atoms with Crippen LogP contribution >= 0.6 is 0 Å². The van der Waals surface area contributed by atoms with Crippen molar-refractivity contribution in [2.24, 2.45) is 0 Å². The third-order valence-corrected chi connectivity index (χ3v) is 3.34. The largest absolute Gasteiger partial charge is 0.488 e. The molecule has 106 valence electrons. The number of hydrogen-bond acceptors (Lipinski definition) is 4. The van der Waals surface area contributed by atoms with E-state index in [9.17, 15) is 9.50 Å². The molecule has 1 aromatic carbocycles. The first-order valence-corrected chi connectivity index (χ1v) is 6.66. The molecule has 1 aliphatic heterocycles. The Kier molecular flexibility index (Phi) is 4.14. The molecule has 1 heterocycles. The highest BCUT2D eigenvalue weighted by molar-refractivity contribution is 5.70. The molecule has 0 spiro atoms. The van der Waals surface area contributed by atoms with Crippen molar-refractivity contribution in [1.29, 1.82) is 0 Å². The summed E-state index contributed by atoms with van der Waals surface area (Å²) >= 11 is 0. The quantitative estimate of drug-likeness (QED) is 0.822. The van der Waals surface area contributed by atoms with Crippen LogP contribution in [-0.2, 0) is 0 Å². The molecule has 0 amide bonds. The number of ether oxygens (including phenoxy) is 1. The lowest BCUT2D eigenvalue weighted by molar-refractivity contribution is 0.231. The number of aliphatic hydroxyl groups excluding tert-OH is 1. The lowest BCUT2D eigenvalue weighted by Gasteiger charge is -2.27. The first kappa shape index (κ1) is 13.9. The van der Waals surface area contributed by atoms with Crippen LogP contribution in [0, 0.1) is 5.82 Å². The zero-order chi connectivity index (χ0) is 14.0. The molecule has 1 aromatic rings. The van der Waals surface area contributed by atoms with Gasteiger partial charge in [-0.05, 0) is 26.7 Å².